The van der Waals surface area contributed by atoms with Crippen LogP contribution in [0.2, 0.25) is 0 Å². The second-order valence-electron chi connectivity index (χ2n) is 6.31. The van der Waals surface area contributed by atoms with E-state index in [2.05, 4.69) is 83.9 Å². The predicted molar refractivity (Wildman–Crippen MR) is 124 cm³/mol. The molecule has 5 heteroatoms. The van der Waals surface area contributed by atoms with Gasteiger partial charge in [-0.15, -0.1) is 11.3 Å². The summed E-state index contributed by atoms with van der Waals surface area (Å²) in [5.41, 5.74) is 3.40. The maximum absolute atomic E-state index is 4.89. The van der Waals surface area contributed by atoms with E-state index in [1.54, 1.807) is 11.3 Å². The van der Waals surface area contributed by atoms with E-state index in [9.17, 15) is 0 Å². The Kier molecular flexibility index (Phi) is 5.74. The van der Waals surface area contributed by atoms with E-state index in [0.29, 0.717) is 0 Å². The van der Waals surface area contributed by atoms with Crippen molar-refractivity contribution in [2.75, 3.05) is 4.72 Å². The summed E-state index contributed by atoms with van der Waals surface area (Å²) in [7, 11) is -0.206. The van der Waals surface area contributed by atoms with Gasteiger partial charge in [0.05, 0.1) is 10.6 Å². The normalized spacial score (nSPS) is 12.2. The summed E-state index contributed by atoms with van der Waals surface area (Å²) in [6, 6.07) is 25.5. The van der Waals surface area contributed by atoms with Gasteiger partial charge in [-0.25, -0.2) is 4.68 Å². The van der Waals surface area contributed by atoms with E-state index in [1.165, 1.54) is 15.3 Å². The molecule has 0 bridgehead atoms. The van der Waals surface area contributed by atoms with E-state index in [1.807, 2.05) is 22.9 Å². The molecule has 0 aliphatic heterocycles. The average molecular weight is 406 g/mol. The Bertz CT molecular complexity index is 1060. The molecular weight excluding hydrogens is 382 g/mol. The first-order chi connectivity index (χ1) is 13.8. The zero-order valence-electron chi connectivity index (χ0n) is 16.0. The van der Waals surface area contributed by atoms with Crippen LogP contribution in [-0.2, 0) is 6.42 Å². The number of rotatable bonds is 6. The number of nitrogens with zero attached hydrogens (tertiary/aromatic N) is 2. The quantitative estimate of drug-likeness (QED) is 0.364. The van der Waals surface area contributed by atoms with Crippen molar-refractivity contribution in [2.45, 2.75) is 25.2 Å². The largest absolute Gasteiger partial charge is 0.316 e. The van der Waals surface area contributed by atoms with Crippen molar-refractivity contribution in [2.24, 2.45) is 0 Å². The fourth-order valence-electron chi connectivity index (χ4n) is 3.00. The van der Waals surface area contributed by atoms with Gasteiger partial charge in [-0.05, 0) is 60.0 Å². The lowest BCUT2D eigenvalue weighted by molar-refractivity contribution is 0.896. The number of anilines is 1. The van der Waals surface area contributed by atoms with Gasteiger partial charge in [-0.1, -0.05) is 54.0 Å². The molecule has 1 unspecified atom stereocenters. The van der Waals surface area contributed by atoms with E-state index < -0.39 is 0 Å². The number of hydrogen-bond acceptors (Lipinski definition) is 3. The van der Waals surface area contributed by atoms with Crippen molar-refractivity contribution in [3.8, 4) is 16.3 Å². The molecule has 1 atom stereocenters. The number of aryl methyl sites for hydroxylation is 1. The Morgan fingerprint density at radius 3 is 2.46 bits per heavy atom. The minimum Gasteiger partial charge on any atom is -0.316 e. The van der Waals surface area contributed by atoms with Gasteiger partial charge in [0.25, 0.3) is 0 Å². The molecule has 1 N–H and O–H groups in total. The third-order valence-corrected chi connectivity index (χ3v) is 7.09. The van der Waals surface area contributed by atoms with Crippen LogP contribution in [0.25, 0.3) is 16.3 Å². The fraction of sp³-hybridized carbons (Fsp3) is 0.130. The first-order valence-electron chi connectivity index (χ1n) is 9.36. The maximum atomic E-state index is 4.89. The van der Waals surface area contributed by atoms with Crippen molar-refractivity contribution < 1.29 is 0 Å². The van der Waals surface area contributed by atoms with Gasteiger partial charge in [-0.2, -0.15) is 5.10 Å². The van der Waals surface area contributed by atoms with Crippen LogP contribution < -0.4 is 4.72 Å². The van der Waals surface area contributed by atoms with Gasteiger partial charge in [0.2, 0.25) is 0 Å². The molecule has 0 saturated carbocycles. The van der Waals surface area contributed by atoms with E-state index in [4.69, 9.17) is 5.10 Å². The predicted octanol–water partition coefficient (Wildman–Crippen LogP) is 6.64. The first-order valence-corrected chi connectivity index (χ1v) is 11.5. The number of nitrogens with one attached hydrogen (secondary N) is 1. The van der Waals surface area contributed by atoms with Crippen LogP contribution in [0, 0.1) is 0 Å². The van der Waals surface area contributed by atoms with E-state index in [-0.39, 0.29) is 10.7 Å². The summed E-state index contributed by atoms with van der Waals surface area (Å²) in [5, 5.41) is 9.19. The molecule has 142 valence electrons. The second kappa shape index (κ2) is 8.59. The molecule has 0 amide bonds. The fourth-order valence-corrected chi connectivity index (χ4v) is 4.99. The molecule has 0 spiro atoms. The number of para-hydroxylation sites is 1. The second-order valence-corrected chi connectivity index (χ2v) is 9.08. The van der Waals surface area contributed by atoms with Crippen LogP contribution >= 0.6 is 22.0 Å². The van der Waals surface area contributed by atoms with Crippen molar-refractivity contribution in [1.82, 2.24) is 9.78 Å². The monoisotopic (exact) mass is 405 g/mol. The summed E-state index contributed by atoms with van der Waals surface area (Å²) in [6.45, 7) is 4.29. The Morgan fingerprint density at radius 2 is 1.82 bits per heavy atom. The molecule has 0 radical (unpaired) electrons. The van der Waals surface area contributed by atoms with Gasteiger partial charge in [0, 0.05) is 11.0 Å². The molecule has 0 aliphatic carbocycles. The van der Waals surface area contributed by atoms with Crippen LogP contribution in [0.4, 0.5) is 5.82 Å². The van der Waals surface area contributed by atoms with Crippen molar-refractivity contribution in [3.05, 3.63) is 83.7 Å². The van der Waals surface area contributed by atoms with Gasteiger partial charge in [0.1, 0.15) is 11.5 Å². The van der Waals surface area contributed by atoms with Crippen LogP contribution in [0.15, 0.2) is 83.1 Å². The van der Waals surface area contributed by atoms with Crippen LogP contribution in [0.3, 0.4) is 0 Å². The van der Waals surface area contributed by atoms with Crippen LogP contribution in [0.5, 0.6) is 0 Å². The minimum absolute atomic E-state index is 0.206. The molecule has 0 aliphatic rings. The Morgan fingerprint density at radius 1 is 1.04 bits per heavy atom. The molecule has 3 nitrogen and oxygen atoms in total. The zero-order chi connectivity index (χ0) is 19.3. The van der Waals surface area contributed by atoms with Gasteiger partial charge < -0.3 is 4.72 Å². The first kappa shape index (κ1) is 18.7. The smallest absolute Gasteiger partial charge is 0.140 e. The summed E-state index contributed by atoms with van der Waals surface area (Å²) < 4.78 is 5.71. The lowest BCUT2D eigenvalue weighted by atomic mass is 10.2. The Labute approximate surface area is 172 Å². The molecule has 2 heterocycles. The third-order valence-electron chi connectivity index (χ3n) is 4.52. The van der Waals surface area contributed by atoms with Crippen LogP contribution in [0.1, 0.15) is 19.4 Å². The minimum atomic E-state index is -0.206. The van der Waals surface area contributed by atoms with Gasteiger partial charge in [-0.3, -0.25) is 0 Å². The molecule has 2 aromatic heterocycles. The molecule has 4 rings (SSSR count). The summed E-state index contributed by atoms with van der Waals surface area (Å²) >= 11 is 1.71. The van der Waals surface area contributed by atoms with Gasteiger partial charge in [0.15, 0.2) is 0 Å². The topological polar surface area (TPSA) is 29.9 Å². The van der Waals surface area contributed by atoms with Crippen molar-refractivity contribution >= 4 is 33.2 Å². The van der Waals surface area contributed by atoms with E-state index in [0.717, 1.165) is 23.6 Å². The molecular formula is C23H23N3S2. The molecule has 0 saturated heterocycles. The number of aromatic nitrogens is 2. The molecule has 0 fully saturated rings. The lowest BCUT2D eigenvalue weighted by Gasteiger charge is -2.14. The molecule has 28 heavy (non-hydrogen) atoms. The van der Waals surface area contributed by atoms with Gasteiger partial charge >= 0.3 is 0 Å². The highest BCUT2D eigenvalue weighted by Gasteiger charge is 2.13. The Hall–Kier alpha value is -2.63. The lowest BCUT2D eigenvalue weighted by Crippen LogP contribution is -2.03. The number of benzene rings is 2. The highest BCUT2D eigenvalue weighted by molar-refractivity contribution is 8.16. The summed E-state index contributed by atoms with van der Waals surface area (Å²) in [5.74, 6) is 0.996. The highest BCUT2D eigenvalue weighted by atomic mass is 32.2. The third kappa shape index (κ3) is 3.96. The highest BCUT2D eigenvalue weighted by Crippen LogP contribution is 2.33. The average Bonchev–Trinajstić information content (AvgIpc) is 3.43. The maximum Gasteiger partial charge on any atom is 0.140 e. The SMILES string of the molecule is C/C=S(/Nc1cc(-c2cccs2)nn1-c1ccccc1)c1ccc(CC)cc1. The molecule has 4 aromatic rings. The summed E-state index contributed by atoms with van der Waals surface area (Å²) in [4.78, 5) is 2.45. The number of thiophene rings is 1. The van der Waals surface area contributed by atoms with Crippen LogP contribution in [-0.4, -0.2) is 15.1 Å². The Balaban J connectivity index is 1.72. The number of hydrogen-bond donors (Lipinski definition) is 1. The summed E-state index contributed by atoms with van der Waals surface area (Å²) in [6.07, 6.45) is 1.06. The van der Waals surface area contributed by atoms with E-state index >= 15 is 0 Å². The standard InChI is InChI=1S/C23H23N3S2/c1-3-18-12-14-20(15-13-18)28(4-2)25-23-17-21(22-11-8-16-27-22)24-26(23)19-9-6-5-7-10-19/h4-17,25H,3H2,1-2H3. The van der Waals surface area contributed by atoms with Crippen molar-refractivity contribution in [3.63, 3.8) is 0 Å². The van der Waals surface area contributed by atoms with Crippen molar-refractivity contribution in [1.29, 1.82) is 0 Å². The zero-order valence-corrected chi connectivity index (χ0v) is 17.6. The molecule has 2 aromatic carbocycles.